The summed E-state index contributed by atoms with van der Waals surface area (Å²) in [5.74, 6) is 1.41. The van der Waals surface area contributed by atoms with Gasteiger partial charge in [0, 0.05) is 71.6 Å². The Hall–Kier alpha value is -2.04. The van der Waals surface area contributed by atoms with E-state index in [0.717, 1.165) is 38.7 Å². The van der Waals surface area contributed by atoms with Crippen molar-refractivity contribution in [1.29, 1.82) is 0 Å². The number of hydrogen-bond acceptors (Lipinski definition) is 4. The summed E-state index contributed by atoms with van der Waals surface area (Å²) in [4.78, 5) is 25.1. The van der Waals surface area contributed by atoms with Crippen molar-refractivity contribution in [2.24, 2.45) is 19.1 Å². The first-order valence-electron chi connectivity index (χ1n) is 8.42. The Kier molecular flexibility index (Phi) is 7.06. The third kappa shape index (κ3) is 4.37. The van der Waals surface area contributed by atoms with Gasteiger partial charge in [-0.25, -0.2) is 4.98 Å². The molecule has 0 radical (unpaired) electrons. The summed E-state index contributed by atoms with van der Waals surface area (Å²) in [5.41, 5.74) is 1.15. The number of rotatable bonds is 3. The molecule has 142 valence electrons. The predicted molar refractivity (Wildman–Crippen MR) is 114 cm³/mol. The number of piperazine rings is 1. The van der Waals surface area contributed by atoms with E-state index in [1.807, 2.05) is 24.2 Å². The number of nitrogens with zero attached hydrogens (tertiary/aromatic N) is 6. The van der Waals surface area contributed by atoms with E-state index >= 15 is 0 Å². The molecule has 0 unspecified atom stereocenters. The SMILES string of the molecule is CN=C(NCc1cccn1C)N1CCN(c2nccn(C)c2=O)CC1.I. The van der Waals surface area contributed by atoms with E-state index in [-0.39, 0.29) is 29.5 Å². The molecule has 1 fully saturated rings. The lowest BCUT2D eigenvalue weighted by molar-refractivity contribution is 0.370. The maximum atomic E-state index is 12.2. The minimum absolute atomic E-state index is 0. The summed E-state index contributed by atoms with van der Waals surface area (Å²) in [6.45, 7) is 3.82. The van der Waals surface area contributed by atoms with Gasteiger partial charge in [0.15, 0.2) is 11.8 Å². The average molecular weight is 471 g/mol. The Labute approximate surface area is 170 Å². The number of guanidine groups is 1. The fraction of sp³-hybridized carbons (Fsp3) is 0.471. The predicted octanol–water partition coefficient (Wildman–Crippen LogP) is 0.634. The number of halogens is 1. The second-order valence-electron chi connectivity index (χ2n) is 6.15. The zero-order valence-corrected chi connectivity index (χ0v) is 17.8. The molecule has 3 rings (SSSR count). The summed E-state index contributed by atoms with van der Waals surface area (Å²) < 4.78 is 3.66. The van der Waals surface area contributed by atoms with Gasteiger partial charge in [0.1, 0.15) is 0 Å². The molecule has 26 heavy (non-hydrogen) atoms. The lowest BCUT2D eigenvalue weighted by atomic mass is 10.3. The number of anilines is 1. The summed E-state index contributed by atoms with van der Waals surface area (Å²) in [5, 5.41) is 3.41. The molecule has 3 heterocycles. The third-order valence-corrected chi connectivity index (χ3v) is 4.57. The fourth-order valence-electron chi connectivity index (χ4n) is 3.01. The lowest BCUT2D eigenvalue weighted by Crippen LogP contribution is -2.53. The average Bonchev–Trinajstić information content (AvgIpc) is 3.04. The van der Waals surface area contributed by atoms with Gasteiger partial charge >= 0.3 is 0 Å². The number of aryl methyl sites for hydroxylation is 2. The highest BCUT2D eigenvalue weighted by Gasteiger charge is 2.22. The molecule has 0 spiro atoms. The summed E-state index contributed by atoms with van der Waals surface area (Å²) in [7, 11) is 5.58. The highest BCUT2D eigenvalue weighted by Crippen LogP contribution is 2.09. The Bertz CT molecular complexity index is 805. The van der Waals surface area contributed by atoms with Crippen molar-refractivity contribution < 1.29 is 0 Å². The van der Waals surface area contributed by atoms with Gasteiger partial charge in [-0.15, -0.1) is 24.0 Å². The molecule has 1 saturated heterocycles. The van der Waals surface area contributed by atoms with Gasteiger partial charge in [-0.1, -0.05) is 0 Å². The van der Waals surface area contributed by atoms with Crippen molar-refractivity contribution in [1.82, 2.24) is 24.3 Å². The van der Waals surface area contributed by atoms with E-state index in [4.69, 9.17) is 0 Å². The van der Waals surface area contributed by atoms with Gasteiger partial charge in [-0.05, 0) is 12.1 Å². The number of hydrogen-bond donors (Lipinski definition) is 1. The third-order valence-electron chi connectivity index (χ3n) is 4.57. The van der Waals surface area contributed by atoms with Crippen molar-refractivity contribution in [3.8, 4) is 0 Å². The van der Waals surface area contributed by atoms with Gasteiger partial charge in [0.25, 0.3) is 5.56 Å². The Balaban J connectivity index is 0.00000243. The minimum Gasteiger partial charge on any atom is -0.353 e. The maximum absolute atomic E-state index is 12.2. The number of aliphatic imine (C=N–C) groups is 1. The van der Waals surface area contributed by atoms with Crippen LogP contribution < -0.4 is 15.8 Å². The van der Waals surface area contributed by atoms with Crippen LogP contribution in [0.5, 0.6) is 0 Å². The van der Waals surface area contributed by atoms with Crippen molar-refractivity contribution in [2.45, 2.75) is 6.54 Å². The largest absolute Gasteiger partial charge is 0.353 e. The standard InChI is InChI=1S/C17H25N7O.HI/c1-18-17(20-13-14-5-4-7-21(14)2)24-11-9-23(10-12-24)15-16(25)22(3)8-6-19-15;/h4-8H,9-13H2,1-3H3,(H,18,20);1H. The zero-order chi connectivity index (χ0) is 17.8. The van der Waals surface area contributed by atoms with Crippen LogP contribution in [-0.4, -0.2) is 58.2 Å². The van der Waals surface area contributed by atoms with Gasteiger partial charge in [0.2, 0.25) is 0 Å². The molecule has 0 saturated carbocycles. The summed E-state index contributed by atoms with van der Waals surface area (Å²) >= 11 is 0. The molecule has 1 aliphatic heterocycles. The second kappa shape index (κ2) is 9.06. The Morgan fingerprint density at radius 1 is 1.19 bits per heavy atom. The molecule has 1 N–H and O–H groups in total. The van der Waals surface area contributed by atoms with Crippen LogP contribution in [0.3, 0.4) is 0 Å². The molecule has 0 aromatic carbocycles. The molecule has 0 bridgehead atoms. The van der Waals surface area contributed by atoms with E-state index in [1.165, 1.54) is 5.69 Å². The van der Waals surface area contributed by atoms with Gasteiger partial charge in [-0.3, -0.25) is 9.79 Å². The van der Waals surface area contributed by atoms with Crippen LogP contribution in [0.4, 0.5) is 5.82 Å². The van der Waals surface area contributed by atoms with Crippen LogP contribution in [0, 0.1) is 0 Å². The van der Waals surface area contributed by atoms with Crippen molar-refractivity contribution in [3.05, 3.63) is 46.8 Å². The highest BCUT2D eigenvalue weighted by molar-refractivity contribution is 14.0. The van der Waals surface area contributed by atoms with E-state index in [1.54, 1.807) is 31.1 Å². The fourth-order valence-corrected chi connectivity index (χ4v) is 3.01. The van der Waals surface area contributed by atoms with E-state index in [2.05, 4.69) is 30.8 Å². The van der Waals surface area contributed by atoms with E-state index < -0.39 is 0 Å². The van der Waals surface area contributed by atoms with Crippen LogP contribution in [-0.2, 0) is 20.6 Å². The van der Waals surface area contributed by atoms with Crippen LogP contribution >= 0.6 is 24.0 Å². The van der Waals surface area contributed by atoms with Gasteiger partial charge in [-0.2, -0.15) is 0 Å². The highest BCUT2D eigenvalue weighted by atomic mass is 127. The second-order valence-corrected chi connectivity index (χ2v) is 6.15. The van der Waals surface area contributed by atoms with Crippen LogP contribution in [0.2, 0.25) is 0 Å². The van der Waals surface area contributed by atoms with Crippen molar-refractivity contribution >= 4 is 35.8 Å². The lowest BCUT2D eigenvalue weighted by Gasteiger charge is -2.36. The topological polar surface area (TPSA) is 70.7 Å². The van der Waals surface area contributed by atoms with Crippen LogP contribution in [0.25, 0.3) is 0 Å². The quantitative estimate of drug-likeness (QED) is 0.404. The molecule has 2 aromatic rings. The van der Waals surface area contributed by atoms with E-state index in [9.17, 15) is 4.79 Å². The maximum Gasteiger partial charge on any atom is 0.293 e. The van der Waals surface area contributed by atoms with Crippen LogP contribution in [0.15, 0.2) is 40.5 Å². The normalized spacial score (nSPS) is 15.0. The molecule has 0 atom stereocenters. The van der Waals surface area contributed by atoms with Crippen molar-refractivity contribution in [3.63, 3.8) is 0 Å². The van der Waals surface area contributed by atoms with Crippen molar-refractivity contribution in [2.75, 3.05) is 38.1 Å². The molecule has 0 aliphatic carbocycles. The summed E-state index contributed by atoms with van der Waals surface area (Å²) in [6, 6.07) is 4.13. The smallest absolute Gasteiger partial charge is 0.293 e. The molecular weight excluding hydrogens is 445 g/mol. The van der Waals surface area contributed by atoms with Gasteiger partial charge < -0.3 is 24.3 Å². The minimum atomic E-state index is -0.0536. The molecule has 0 amide bonds. The summed E-state index contributed by atoms with van der Waals surface area (Å²) in [6.07, 6.45) is 5.38. The first-order valence-corrected chi connectivity index (χ1v) is 8.42. The monoisotopic (exact) mass is 471 g/mol. The van der Waals surface area contributed by atoms with E-state index in [0.29, 0.717) is 5.82 Å². The van der Waals surface area contributed by atoms with Gasteiger partial charge in [0.05, 0.1) is 6.54 Å². The molecule has 8 nitrogen and oxygen atoms in total. The molecular formula is C17H26IN7O. The molecule has 1 aliphatic rings. The molecule has 9 heteroatoms. The first kappa shape index (κ1) is 20.3. The Morgan fingerprint density at radius 2 is 1.92 bits per heavy atom. The Morgan fingerprint density at radius 3 is 2.54 bits per heavy atom. The first-order chi connectivity index (χ1) is 12.1. The molecule has 2 aromatic heterocycles. The van der Waals surface area contributed by atoms with Crippen LogP contribution in [0.1, 0.15) is 5.69 Å². The number of nitrogens with one attached hydrogen (secondary N) is 1. The zero-order valence-electron chi connectivity index (χ0n) is 15.4. The number of aromatic nitrogens is 3.